The van der Waals surface area contributed by atoms with Crippen molar-refractivity contribution >= 4 is 35.3 Å². The summed E-state index contributed by atoms with van der Waals surface area (Å²) in [5, 5.41) is 3.22. The summed E-state index contributed by atoms with van der Waals surface area (Å²) in [4.78, 5) is 28.3. The molecule has 158 valence electrons. The molecule has 0 fully saturated rings. The van der Waals surface area contributed by atoms with Gasteiger partial charge in [-0.25, -0.2) is 15.3 Å². The van der Waals surface area contributed by atoms with Gasteiger partial charge in [0.15, 0.2) is 12.5 Å². The topological polar surface area (TPSA) is 78.9 Å². The summed E-state index contributed by atoms with van der Waals surface area (Å²) in [7, 11) is 3.95. The molecule has 1 atom stereocenters. The van der Waals surface area contributed by atoms with Crippen molar-refractivity contribution in [2.45, 2.75) is 33.9 Å². The Kier molecular flexibility index (Phi) is 6.52. The van der Waals surface area contributed by atoms with Crippen molar-refractivity contribution in [2.24, 2.45) is 10.9 Å². The highest BCUT2D eigenvalue weighted by Crippen LogP contribution is 2.27. The molecule has 0 aliphatic carbocycles. The molecule has 7 nitrogen and oxygen atoms in total. The van der Waals surface area contributed by atoms with E-state index >= 15 is 0 Å². The van der Waals surface area contributed by atoms with Gasteiger partial charge in [-0.15, -0.1) is 0 Å². The van der Waals surface area contributed by atoms with E-state index in [1.807, 2.05) is 77.0 Å². The minimum atomic E-state index is -0.221. The molecule has 2 aromatic rings. The largest absolute Gasteiger partial charge is 0.377 e. The zero-order chi connectivity index (χ0) is 21.8. The van der Waals surface area contributed by atoms with Crippen LogP contribution < -0.4 is 15.7 Å². The average Bonchev–Trinajstić information content (AvgIpc) is 3.17. The van der Waals surface area contributed by atoms with Gasteiger partial charge in [-0.1, -0.05) is 19.9 Å². The summed E-state index contributed by atoms with van der Waals surface area (Å²) < 4.78 is 0. The van der Waals surface area contributed by atoms with E-state index in [9.17, 15) is 4.79 Å². The van der Waals surface area contributed by atoms with Gasteiger partial charge in [-0.2, -0.15) is 0 Å². The van der Waals surface area contributed by atoms with Crippen LogP contribution >= 0.6 is 0 Å². The lowest BCUT2D eigenvalue weighted by Gasteiger charge is -2.17. The second kappa shape index (κ2) is 9.09. The van der Waals surface area contributed by atoms with Crippen LogP contribution in [0.25, 0.3) is 11.6 Å². The number of pyridine rings is 1. The molecule has 0 bridgehead atoms. The van der Waals surface area contributed by atoms with Crippen LogP contribution in [0, 0.1) is 19.8 Å². The van der Waals surface area contributed by atoms with E-state index in [4.69, 9.17) is 4.84 Å². The molecule has 1 aliphatic heterocycles. The van der Waals surface area contributed by atoms with Crippen LogP contribution in [0.4, 0.5) is 11.4 Å². The number of anilines is 2. The highest BCUT2D eigenvalue weighted by Gasteiger charge is 2.21. The number of nitrogens with zero attached hydrogens (tertiary/aromatic N) is 3. The van der Waals surface area contributed by atoms with E-state index < -0.39 is 0 Å². The highest BCUT2D eigenvalue weighted by molar-refractivity contribution is 6.14. The summed E-state index contributed by atoms with van der Waals surface area (Å²) in [6.07, 6.45) is 4.34. The van der Waals surface area contributed by atoms with Gasteiger partial charge in [0.25, 0.3) is 0 Å². The zero-order valence-corrected chi connectivity index (χ0v) is 18.4. The number of carbonyl (C=O) groups excluding carboxylic acids is 1. The minimum Gasteiger partial charge on any atom is -0.377 e. The number of allylic oxidation sites excluding steroid dienone is 1. The number of hydrogen-bond donors (Lipinski definition) is 2. The number of aryl methyl sites for hydroxylation is 2. The molecule has 7 heteroatoms. The maximum Gasteiger partial charge on any atom is 0.223 e. The molecule has 0 amide bonds. The van der Waals surface area contributed by atoms with Crippen LogP contribution in [0.1, 0.15) is 36.2 Å². The SMILES string of the molecule is Cc1cc(N(C)C)c(/C=C(\C=O)c2cc(NC3=NC(C(C)C)ON3)ccc2C)cn1. The Morgan fingerprint density at radius 3 is 2.67 bits per heavy atom. The predicted octanol–water partition coefficient (Wildman–Crippen LogP) is 3.79. The van der Waals surface area contributed by atoms with E-state index in [2.05, 4.69) is 20.8 Å². The number of benzene rings is 1. The summed E-state index contributed by atoms with van der Waals surface area (Å²) in [6, 6.07) is 7.88. The number of hydroxylamine groups is 1. The standard InChI is InChI=1S/C23H29N5O2/c1-14(2)22-26-23(27-30-22)25-19-8-7-15(3)20(11-19)18(13-29)10-17-12-24-16(4)9-21(17)28(5)6/h7-14,22H,1-6H3,(H2,25,26,27)/b18-10+. The first-order valence-corrected chi connectivity index (χ1v) is 9.97. The third-order valence-electron chi connectivity index (χ3n) is 4.88. The second-order valence-electron chi connectivity index (χ2n) is 7.98. The van der Waals surface area contributed by atoms with E-state index in [0.29, 0.717) is 11.5 Å². The second-order valence-corrected chi connectivity index (χ2v) is 7.98. The van der Waals surface area contributed by atoms with Gasteiger partial charge >= 0.3 is 0 Å². The molecule has 3 rings (SSSR count). The number of hydrogen-bond acceptors (Lipinski definition) is 7. The van der Waals surface area contributed by atoms with Crippen LogP contribution in [-0.4, -0.2) is 37.6 Å². The molecule has 1 aliphatic rings. The Balaban J connectivity index is 1.94. The van der Waals surface area contributed by atoms with E-state index in [0.717, 1.165) is 40.0 Å². The summed E-state index contributed by atoms with van der Waals surface area (Å²) in [6.45, 7) is 8.03. The number of rotatable bonds is 6. The van der Waals surface area contributed by atoms with Crippen LogP contribution in [0.15, 0.2) is 35.5 Å². The number of aldehydes is 1. The summed E-state index contributed by atoms with van der Waals surface area (Å²) >= 11 is 0. The maximum absolute atomic E-state index is 12.0. The highest BCUT2D eigenvalue weighted by atomic mass is 16.7. The molecular formula is C23H29N5O2. The molecule has 1 aromatic carbocycles. The van der Waals surface area contributed by atoms with Crippen molar-refractivity contribution in [3.05, 3.63) is 52.8 Å². The molecule has 0 saturated heterocycles. The first-order valence-electron chi connectivity index (χ1n) is 9.97. The third kappa shape index (κ3) is 4.86. The van der Waals surface area contributed by atoms with Gasteiger partial charge in [-0.05, 0) is 49.2 Å². The lowest BCUT2D eigenvalue weighted by Crippen LogP contribution is -2.26. The normalized spacial score (nSPS) is 16.3. The molecule has 1 aromatic heterocycles. The average molecular weight is 408 g/mol. The van der Waals surface area contributed by atoms with Crippen molar-refractivity contribution in [1.82, 2.24) is 10.5 Å². The van der Waals surface area contributed by atoms with Crippen molar-refractivity contribution in [1.29, 1.82) is 0 Å². The molecular weight excluding hydrogens is 378 g/mol. The van der Waals surface area contributed by atoms with Gasteiger partial charge in [0.05, 0.1) is 0 Å². The molecule has 30 heavy (non-hydrogen) atoms. The molecule has 2 N–H and O–H groups in total. The van der Waals surface area contributed by atoms with E-state index in [1.165, 1.54) is 0 Å². The quantitative estimate of drug-likeness (QED) is 0.560. The van der Waals surface area contributed by atoms with E-state index in [-0.39, 0.29) is 12.1 Å². The van der Waals surface area contributed by atoms with Crippen LogP contribution in [0.2, 0.25) is 0 Å². The third-order valence-corrected chi connectivity index (χ3v) is 4.88. The smallest absolute Gasteiger partial charge is 0.223 e. The van der Waals surface area contributed by atoms with Gasteiger partial charge in [0.1, 0.15) is 0 Å². The monoisotopic (exact) mass is 407 g/mol. The zero-order valence-electron chi connectivity index (χ0n) is 18.4. The van der Waals surface area contributed by atoms with Crippen molar-refractivity contribution < 1.29 is 9.63 Å². The number of guanidine groups is 1. The van der Waals surface area contributed by atoms with Crippen molar-refractivity contribution in [3.63, 3.8) is 0 Å². The van der Waals surface area contributed by atoms with Gasteiger partial charge < -0.3 is 10.2 Å². The van der Waals surface area contributed by atoms with Crippen LogP contribution in [-0.2, 0) is 9.63 Å². The first-order chi connectivity index (χ1) is 14.3. The lowest BCUT2D eigenvalue weighted by atomic mass is 9.98. The number of carbonyl (C=O) groups is 1. The Bertz CT molecular complexity index is 995. The van der Waals surface area contributed by atoms with Crippen molar-refractivity contribution in [3.8, 4) is 0 Å². The molecule has 0 radical (unpaired) electrons. The Labute approximate surface area is 177 Å². The summed E-state index contributed by atoms with van der Waals surface area (Å²) in [5.41, 5.74) is 8.90. The molecule has 0 spiro atoms. The molecule has 0 saturated carbocycles. The van der Waals surface area contributed by atoms with Gasteiger partial charge in [0, 0.05) is 54.4 Å². The Morgan fingerprint density at radius 2 is 2.03 bits per heavy atom. The number of nitrogens with one attached hydrogen (secondary N) is 2. The number of aromatic nitrogens is 1. The van der Waals surface area contributed by atoms with Crippen LogP contribution in [0.3, 0.4) is 0 Å². The lowest BCUT2D eigenvalue weighted by molar-refractivity contribution is -0.103. The minimum absolute atomic E-state index is 0.221. The van der Waals surface area contributed by atoms with Crippen LogP contribution in [0.5, 0.6) is 0 Å². The predicted molar refractivity (Wildman–Crippen MR) is 122 cm³/mol. The summed E-state index contributed by atoms with van der Waals surface area (Å²) in [5.74, 6) is 0.821. The fourth-order valence-electron chi connectivity index (χ4n) is 3.18. The Hall–Kier alpha value is -3.19. The Morgan fingerprint density at radius 1 is 1.27 bits per heavy atom. The maximum atomic E-state index is 12.0. The van der Waals surface area contributed by atoms with E-state index in [1.54, 1.807) is 6.20 Å². The van der Waals surface area contributed by atoms with Gasteiger partial charge in [-0.3, -0.25) is 9.78 Å². The number of aliphatic imine (C=N–C) groups is 1. The van der Waals surface area contributed by atoms with Crippen molar-refractivity contribution in [2.75, 3.05) is 24.3 Å². The fourth-order valence-corrected chi connectivity index (χ4v) is 3.18. The van der Waals surface area contributed by atoms with Gasteiger partial charge in [0.2, 0.25) is 5.96 Å². The molecule has 2 heterocycles. The molecule has 1 unspecified atom stereocenters. The first kappa shape index (κ1) is 21.5. The fraction of sp³-hybridized carbons (Fsp3) is 0.348.